The standard InChI is InChI=1S/C17H14BrN2O5P/c18-13-3-1-2-11(6-13)14-8-15(20(19-14)9-25-26(21)22)12-4-5-16-17(7-12)24-10-23-16/h1-8,21-22H,9-10H2. The van der Waals surface area contributed by atoms with Crippen LogP contribution >= 0.6 is 24.5 Å². The van der Waals surface area contributed by atoms with Gasteiger partial charge in [-0.3, -0.25) is 4.52 Å². The van der Waals surface area contributed by atoms with Crippen LogP contribution in [0.5, 0.6) is 11.5 Å². The first-order chi connectivity index (χ1) is 12.6. The van der Waals surface area contributed by atoms with Crippen LogP contribution in [0.15, 0.2) is 53.0 Å². The van der Waals surface area contributed by atoms with Crippen LogP contribution in [0.2, 0.25) is 0 Å². The molecule has 0 saturated carbocycles. The molecule has 7 nitrogen and oxygen atoms in total. The van der Waals surface area contributed by atoms with Gasteiger partial charge in [0.05, 0.1) is 11.4 Å². The van der Waals surface area contributed by atoms with E-state index >= 15 is 0 Å². The summed E-state index contributed by atoms with van der Waals surface area (Å²) in [6.45, 7) is 0.111. The maximum Gasteiger partial charge on any atom is 0.328 e. The van der Waals surface area contributed by atoms with Gasteiger partial charge >= 0.3 is 8.60 Å². The third-order valence-corrected chi connectivity index (χ3v) is 4.70. The molecule has 1 aromatic heterocycles. The van der Waals surface area contributed by atoms with Crippen LogP contribution in [0.1, 0.15) is 0 Å². The van der Waals surface area contributed by atoms with Crippen molar-refractivity contribution in [1.82, 2.24) is 9.78 Å². The summed E-state index contributed by atoms with van der Waals surface area (Å²) in [6.07, 6.45) is 0. The fraction of sp³-hybridized carbons (Fsp3) is 0.118. The molecule has 2 aromatic carbocycles. The van der Waals surface area contributed by atoms with Crippen LogP contribution in [-0.2, 0) is 11.3 Å². The van der Waals surface area contributed by atoms with Crippen molar-refractivity contribution < 1.29 is 23.8 Å². The largest absolute Gasteiger partial charge is 0.454 e. The van der Waals surface area contributed by atoms with E-state index in [9.17, 15) is 0 Å². The quantitative estimate of drug-likeness (QED) is 0.590. The van der Waals surface area contributed by atoms with Crippen LogP contribution < -0.4 is 9.47 Å². The summed E-state index contributed by atoms with van der Waals surface area (Å²) in [4.78, 5) is 18.2. The molecule has 4 rings (SSSR count). The number of hydrogen-bond donors (Lipinski definition) is 2. The topological polar surface area (TPSA) is 86.0 Å². The van der Waals surface area contributed by atoms with E-state index in [4.69, 9.17) is 23.8 Å². The van der Waals surface area contributed by atoms with E-state index in [-0.39, 0.29) is 13.5 Å². The number of hydrogen-bond acceptors (Lipinski definition) is 6. The summed E-state index contributed by atoms with van der Waals surface area (Å²) in [6, 6.07) is 15.3. The average Bonchev–Trinajstić information content (AvgIpc) is 3.26. The molecule has 3 aromatic rings. The highest BCUT2D eigenvalue weighted by Crippen LogP contribution is 2.37. The van der Waals surface area contributed by atoms with E-state index in [0.29, 0.717) is 11.5 Å². The molecule has 0 amide bonds. The minimum absolute atomic E-state index is 0.0868. The normalized spacial score (nSPS) is 12.8. The smallest absolute Gasteiger partial charge is 0.328 e. The molecule has 0 spiro atoms. The van der Waals surface area contributed by atoms with Crippen molar-refractivity contribution in [2.45, 2.75) is 6.73 Å². The SMILES string of the molecule is OP(O)OCn1nc(-c2cccc(Br)c2)cc1-c1ccc2c(c1)OCO2. The number of aromatic nitrogens is 2. The van der Waals surface area contributed by atoms with Gasteiger partial charge in [-0.05, 0) is 36.4 Å². The second-order valence-electron chi connectivity index (χ2n) is 5.50. The number of rotatable bonds is 5. The number of halogens is 1. The minimum Gasteiger partial charge on any atom is -0.454 e. The predicted octanol–water partition coefficient (Wildman–Crippen LogP) is 3.89. The lowest BCUT2D eigenvalue weighted by Gasteiger charge is -2.09. The Morgan fingerprint density at radius 2 is 1.92 bits per heavy atom. The van der Waals surface area contributed by atoms with Crippen LogP contribution in [0.25, 0.3) is 22.5 Å². The molecule has 0 atom stereocenters. The molecule has 2 heterocycles. The van der Waals surface area contributed by atoms with Crippen molar-refractivity contribution >= 4 is 24.5 Å². The van der Waals surface area contributed by atoms with Gasteiger partial charge in [0.1, 0.15) is 6.73 Å². The van der Waals surface area contributed by atoms with Crippen molar-refractivity contribution in [2.75, 3.05) is 6.79 Å². The van der Waals surface area contributed by atoms with Crippen LogP contribution in [0, 0.1) is 0 Å². The zero-order chi connectivity index (χ0) is 18.1. The second kappa shape index (κ2) is 7.34. The van der Waals surface area contributed by atoms with Gasteiger partial charge in [-0.2, -0.15) is 5.10 Å². The summed E-state index contributed by atoms with van der Waals surface area (Å²) in [7, 11) is -2.47. The molecule has 0 saturated heterocycles. The first-order valence-corrected chi connectivity index (χ1v) is 9.60. The van der Waals surface area contributed by atoms with Gasteiger partial charge < -0.3 is 19.3 Å². The van der Waals surface area contributed by atoms with Gasteiger partial charge in [0.25, 0.3) is 0 Å². The highest BCUT2D eigenvalue weighted by atomic mass is 79.9. The Labute approximate surface area is 158 Å². The maximum absolute atomic E-state index is 9.08. The molecule has 1 aliphatic rings. The number of nitrogens with zero attached hydrogens (tertiary/aromatic N) is 2. The van der Waals surface area contributed by atoms with Crippen molar-refractivity contribution in [1.29, 1.82) is 0 Å². The molecule has 2 N–H and O–H groups in total. The molecule has 1 aliphatic heterocycles. The molecule has 0 unspecified atom stereocenters. The zero-order valence-electron chi connectivity index (χ0n) is 13.4. The summed E-state index contributed by atoms with van der Waals surface area (Å²) in [5, 5.41) is 4.55. The highest BCUT2D eigenvalue weighted by molar-refractivity contribution is 9.10. The Bertz CT molecular complexity index is 947. The number of fused-ring (bicyclic) bond motifs is 1. The van der Waals surface area contributed by atoms with Gasteiger partial charge in [0.15, 0.2) is 11.5 Å². The predicted molar refractivity (Wildman–Crippen MR) is 99.4 cm³/mol. The van der Waals surface area contributed by atoms with E-state index in [2.05, 4.69) is 21.0 Å². The minimum atomic E-state index is -2.47. The molecule has 134 valence electrons. The van der Waals surface area contributed by atoms with Gasteiger partial charge in [0, 0.05) is 15.6 Å². The molecule has 26 heavy (non-hydrogen) atoms. The summed E-state index contributed by atoms with van der Waals surface area (Å²) in [5.41, 5.74) is 3.28. The number of benzene rings is 2. The maximum atomic E-state index is 9.08. The highest BCUT2D eigenvalue weighted by Gasteiger charge is 2.18. The molecule has 0 fully saturated rings. The zero-order valence-corrected chi connectivity index (χ0v) is 15.9. The van der Waals surface area contributed by atoms with Crippen molar-refractivity contribution in [3.8, 4) is 34.0 Å². The van der Waals surface area contributed by atoms with Crippen molar-refractivity contribution in [3.63, 3.8) is 0 Å². The van der Waals surface area contributed by atoms with E-state index in [1.54, 1.807) is 4.68 Å². The van der Waals surface area contributed by atoms with Crippen molar-refractivity contribution in [2.24, 2.45) is 0 Å². The molecular formula is C17H14BrN2O5P. The van der Waals surface area contributed by atoms with Crippen LogP contribution in [-0.4, -0.2) is 26.4 Å². The lowest BCUT2D eigenvalue weighted by atomic mass is 10.1. The monoisotopic (exact) mass is 436 g/mol. The molecule has 0 radical (unpaired) electrons. The summed E-state index contributed by atoms with van der Waals surface area (Å²) in [5.74, 6) is 1.35. The van der Waals surface area contributed by atoms with E-state index in [1.807, 2.05) is 48.5 Å². The fourth-order valence-corrected chi connectivity index (χ4v) is 3.31. The van der Waals surface area contributed by atoms with Gasteiger partial charge in [-0.15, -0.1) is 0 Å². The lowest BCUT2D eigenvalue weighted by molar-refractivity contribution is 0.174. The lowest BCUT2D eigenvalue weighted by Crippen LogP contribution is -2.04. The molecule has 0 aliphatic carbocycles. The Hall–Kier alpha value is -1.96. The fourth-order valence-electron chi connectivity index (χ4n) is 2.70. The van der Waals surface area contributed by atoms with E-state index in [1.165, 1.54) is 0 Å². The molecule has 9 heteroatoms. The Balaban J connectivity index is 1.76. The third-order valence-electron chi connectivity index (χ3n) is 3.86. The number of ether oxygens (including phenoxy) is 2. The third kappa shape index (κ3) is 3.60. The Morgan fingerprint density at radius 3 is 2.73 bits per heavy atom. The molecular weight excluding hydrogens is 423 g/mol. The van der Waals surface area contributed by atoms with Gasteiger partial charge in [0.2, 0.25) is 6.79 Å². The van der Waals surface area contributed by atoms with Gasteiger partial charge in [-0.1, -0.05) is 28.1 Å². The first-order valence-electron chi connectivity index (χ1n) is 7.65. The molecule has 0 bridgehead atoms. The van der Waals surface area contributed by atoms with E-state index in [0.717, 1.165) is 27.0 Å². The van der Waals surface area contributed by atoms with Crippen molar-refractivity contribution in [3.05, 3.63) is 53.0 Å². The summed E-state index contributed by atoms with van der Waals surface area (Å²) >= 11 is 3.46. The second-order valence-corrected chi connectivity index (χ2v) is 7.18. The van der Waals surface area contributed by atoms with Crippen LogP contribution in [0.4, 0.5) is 0 Å². The van der Waals surface area contributed by atoms with Gasteiger partial charge in [-0.25, -0.2) is 4.68 Å². The summed E-state index contributed by atoms with van der Waals surface area (Å²) < 4.78 is 18.3. The van der Waals surface area contributed by atoms with Crippen LogP contribution in [0.3, 0.4) is 0 Å². The van der Waals surface area contributed by atoms with E-state index < -0.39 is 8.60 Å². The average molecular weight is 437 g/mol. The Morgan fingerprint density at radius 1 is 1.08 bits per heavy atom. The Kier molecular flexibility index (Phi) is 4.93. The first kappa shape index (κ1) is 17.5.